The van der Waals surface area contributed by atoms with Crippen LogP contribution in [0.1, 0.15) is 25.1 Å². The van der Waals surface area contributed by atoms with Crippen molar-refractivity contribution >= 4 is 5.91 Å². The summed E-state index contributed by atoms with van der Waals surface area (Å²) in [6.07, 6.45) is 1.84. The first-order chi connectivity index (χ1) is 8.17. The minimum atomic E-state index is 0.148. The van der Waals surface area contributed by atoms with Crippen LogP contribution in [0.15, 0.2) is 18.3 Å². The monoisotopic (exact) mass is 235 g/mol. The predicted octanol–water partition coefficient (Wildman–Crippen LogP) is 1.35. The van der Waals surface area contributed by atoms with Gasteiger partial charge in [0.25, 0.3) is 0 Å². The maximum Gasteiger partial charge on any atom is 0.236 e. The highest BCUT2D eigenvalue weighted by molar-refractivity contribution is 5.78. The van der Waals surface area contributed by atoms with Crippen molar-refractivity contribution in [1.82, 2.24) is 15.2 Å². The number of aromatic nitrogens is 1. The number of amides is 1. The minimum Gasteiger partial charge on any atom is -0.342 e. The van der Waals surface area contributed by atoms with Gasteiger partial charge in [-0.3, -0.25) is 9.78 Å². The molecule has 94 valence electrons. The molecule has 1 N–H and O–H groups in total. The number of nitrogens with zero attached hydrogens (tertiary/aromatic N) is 2. The topological polar surface area (TPSA) is 45.2 Å². The van der Waals surface area contributed by atoms with Crippen LogP contribution >= 0.6 is 0 Å². The van der Waals surface area contributed by atoms with E-state index in [2.05, 4.69) is 10.3 Å². The van der Waals surface area contributed by atoms with Gasteiger partial charge in [-0.25, -0.2) is 0 Å². The van der Waals surface area contributed by atoms with E-state index in [1.165, 1.54) is 0 Å². The smallest absolute Gasteiger partial charge is 0.236 e. The van der Waals surface area contributed by atoms with Crippen molar-refractivity contribution < 1.29 is 4.79 Å². The minimum absolute atomic E-state index is 0.148. The fourth-order valence-corrected chi connectivity index (χ4v) is 1.60. The molecule has 17 heavy (non-hydrogen) atoms. The number of carbonyl (C=O) groups excluding carboxylic acids is 1. The Morgan fingerprint density at radius 1 is 1.35 bits per heavy atom. The lowest BCUT2D eigenvalue weighted by Gasteiger charge is -2.18. The first-order valence-corrected chi connectivity index (χ1v) is 6.07. The summed E-state index contributed by atoms with van der Waals surface area (Å²) in [5, 5.41) is 3.14. The molecule has 4 heteroatoms. The summed E-state index contributed by atoms with van der Waals surface area (Å²) in [4.78, 5) is 17.7. The molecule has 0 atom stereocenters. The van der Waals surface area contributed by atoms with Crippen LogP contribution in [0, 0.1) is 6.92 Å². The first kappa shape index (κ1) is 13.6. The molecule has 0 aliphatic heterocycles. The molecule has 0 saturated carbocycles. The van der Waals surface area contributed by atoms with Gasteiger partial charge in [-0.1, -0.05) is 6.07 Å². The van der Waals surface area contributed by atoms with Gasteiger partial charge in [-0.05, 0) is 32.4 Å². The van der Waals surface area contributed by atoms with Crippen LogP contribution in [0.3, 0.4) is 0 Å². The number of carbonyl (C=O) groups is 1. The number of likely N-dealkylation sites (N-methyl/N-ethyl adjacent to an activating group) is 1. The number of nitrogens with one attached hydrogen (secondary N) is 1. The van der Waals surface area contributed by atoms with E-state index in [9.17, 15) is 4.79 Å². The number of pyridine rings is 1. The molecular formula is C13H21N3O. The molecule has 1 aromatic heterocycles. The van der Waals surface area contributed by atoms with Crippen LogP contribution in [0.25, 0.3) is 0 Å². The molecule has 4 nitrogen and oxygen atoms in total. The molecule has 0 radical (unpaired) electrons. The standard InChI is InChI=1S/C13H21N3O/c1-4-16(5-2)13(17)10-14-8-12-7-6-11(3)15-9-12/h6-7,9,14H,4-5,8,10H2,1-3H3. The highest BCUT2D eigenvalue weighted by atomic mass is 16.2. The highest BCUT2D eigenvalue weighted by Crippen LogP contribution is 1.98. The summed E-state index contributed by atoms with van der Waals surface area (Å²) in [6, 6.07) is 4.00. The summed E-state index contributed by atoms with van der Waals surface area (Å²) in [5.74, 6) is 0.148. The molecule has 1 heterocycles. The fraction of sp³-hybridized carbons (Fsp3) is 0.538. The number of aryl methyl sites for hydroxylation is 1. The van der Waals surface area contributed by atoms with E-state index in [0.29, 0.717) is 13.1 Å². The predicted molar refractivity (Wildman–Crippen MR) is 68.6 cm³/mol. The zero-order valence-corrected chi connectivity index (χ0v) is 10.9. The second kappa shape index (κ2) is 7.01. The summed E-state index contributed by atoms with van der Waals surface area (Å²) in [6.45, 7) is 8.54. The SMILES string of the molecule is CCN(CC)C(=O)CNCc1ccc(C)nc1. The van der Waals surface area contributed by atoms with Crippen molar-refractivity contribution in [3.63, 3.8) is 0 Å². The Morgan fingerprint density at radius 3 is 2.59 bits per heavy atom. The van der Waals surface area contributed by atoms with E-state index in [0.717, 1.165) is 24.3 Å². The van der Waals surface area contributed by atoms with Gasteiger partial charge < -0.3 is 10.2 Å². The van der Waals surface area contributed by atoms with Gasteiger partial charge in [0.05, 0.1) is 6.54 Å². The van der Waals surface area contributed by atoms with Crippen LogP contribution < -0.4 is 5.32 Å². The van der Waals surface area contributed by atoms with E-state index in [-0.39, 0.29) is 5.91 Å². The zero-order chi connectivity index (χ0) is 12.7. The Hall–Kier alpha value is -1.42. The molecule has 0 bridgehead atoms. The van der Waals surface area contributed by atoms with Gasteiger partial charge in [0, 0.05) is 31.5 Å². The summed E-state index contributed by atoms with van der Waals surface area (Å²) in [5.41, 5.74) is 2.11. The maximum absolute atomic E-state index is 11.7. The lowest BCUT2D eigenvalue weighted by molar-refractivity contribution is -0.129. The first-order valence-electron chi connectivity index (χ1n) is 6.07. The van der Waals surface area contributed by atoms with E-state index < -0.39 is 0 Å². The van der Waals surface area contributed by atoms with Crippen molar-refractivity contribution in [2.24, 2.45) is 0 Å². The molecule has 0 saturated heterocycles. The quantitative estimate of drug-likeness (QED) is 0.809. The van der Waals surface area contributed by atoms with Gasteiger partial charge >= 0.3 is 0 Å². The largest absolute Gasteiger partial charge is 0.342 e. The van der Waals surface area contributed by atoms with Crippen LogP contribution in [0.2, 0.25) is 0 Å². The molecule has 0 aromatic carbocycles. The molecule has 1 rings (SSSR count). The van der Waals surface area contributed by atoms with Crippen molar-refractivity contribution in [3.8, 4) is 0 Å². The van der Waals surface area contributed by atoms with Crippen molar-refractivity contribution in [2.45, 2.75) is 27.3 Å². The molecule has 0 aliphatic carbocycles. The molecule has 0 fully saturated rings. The third kappa shape index (κ3) is 4.53. The normalized spacial score (nSPS) is 10.3. The van der Waals surface area contributed by atoms with Gasteiger partial charge in [-0.2, -0.15) is 0 Å². The Morgan fingerprint density at radius 2 is 2.06 bits per heavy atom. The Balaban J connectivity index is 2.32. The van der Waals surface area contributed by atoms with Crippen LogP contribution in [0.5, 0.6) is 0 Å². The Bertz CT molecular complexity index is 344. The summed E-state index contributed by atoms with van der Waals surface area (Å²) < 4.78 is 0. The highest BCUT2D eigenvalue weighted by Gasteiger charge is 2.07. The number of rotatable bonds is 6. The van der Waals surface area contributed by atoms with Crippen molar-refractivity contribution in [1.29, 1.82) is 0 Å². The van der Waals surface area contributed by atoms with E-state index in [1.807, 2.05) is 44.0 Å². The van der Waals surface area contributed by atoms with Gasteiger partial charge in [0.1, 0.15) is 0 Å². The van der Waals surface area contributed by atoms with Crippen LogP contribution in [-0.4, -0.2) is 35.4 Å². The average molecular weight is 235 g/mol. The van der Waals surface area contributed by atoms with Gasteiger partial charge in [0.15, 0.2) is 0 Å². The lowest BCUT2D eigenvalue weighted by atomic mass is 10.2. The molecular weight excluding hydrogens is 214 g/mol. The summed E-state index contributed by atoms with van der Waals surface area (Å²) >= 11 is 0. The van der Waals surface area contributed by atoms with Gasteiger partial charge in [0.2, 0.25) is 5.91 Å². The average Bonchev–Trinajstić information content (AvgIpc) is 2.33. The molecule has 1 aromatic rings. The molecule has 0 aliphatic rings. The van der Waals surface area contributed by atoms with Crippen molar-refractivity contribution in [3.05, 3.63) is 29.6 Å². The van der Waals surface area contributed by atoms with E-state index in [4.69, 9.17) is 0 Å². The van der Waals surface area contributed by atoms with Gasteiger partial charge in [-0.15, -0.1) is 0 Å². The van der Waals surface area contributed by atoms with Crippen molar-refractivity contribution in [2.75, 3.05) is 19.6 Å². The Labute approximate surface area is 103 Å². The molecule has 1 amide bonds. The zero-order valence-electron chi connectivity index (χ0n) is 10.9. The number of hydrogen-bond donors (Lipinski definition) is 1. The second-order valence-electron chi connectivity index (χ2n) is 3.98. The van der Waals surface area contributed by atoms with E-state index >= 15 is 0 Å². The van der Waals surface area contributed by atoms with Crippen LogP contribution in [0.4, 0.5) is 0 Å². The van der Waals surface area contributed by atoms with Crippen LogP contribution in [-0.2, 0) is 11.3 Å². The van der Waals surface area contributed by atoms with E-state index in [1.54, 1.807) is 0 Å². The third-order valence-corrected chi connectivity index (χ3v) is 2.69. The summed E-state index contributed by atoms with van der Waals surface area (Å²) in [7, 11) is 0. The molecule has 0 spiro atoms. The Kier molecular flexibility index (Phi) is 5.63. The fourth-order valence-electron chi connectivity index (χ4n) is 1.60. The number of hydrogen-bond acceptors (Lipinski definition) is 3. The maximum atomic E-state index is 11.7. The lowest BCUT2D eigenvalue weighted by Crippen LogP contribution is -2.37. The third-order valence-electron chi connectivity index (χ3n) is 2.69. The molecule has 0 unspecified atom stereocenters. The second-order valence-corrected chi connectivity index (χ2v) is 3.98.